The Labute approximate surface area is 258 Å². The van der Waals surface area contributed by atoms with Crippen molar-refractivity contribution in [3.63, 3.8) is 0 Å². The van der Waals surface area contributed by atoms with Gasteiger partial charge in [0.15, 0.2) is 0 Å². The standard InChI is InChI=1S/C34H39N7O3/c1-2-32(42)41-17-16-40(20-25(41)11-13-35)33-29-12-15-39(31-10-5-8-24-7-3-4-9-28(24)31)22-30(29)36-34(37-33)43-18-6-14-38-21-27-19-26(38)23-44-27/h2-5,7-10,25-27H,1,6,11-12,14-23H2/t25?,26-,27-/m0/s1. The Morgan fingerprint density at radius 3 is 2.82 bits per heavy atom. The second kappa shape index (κ2) is 12.4. The van der Waals surface area contributed by atoms with E-state index in [0.29, 0.717) is 50.9 Å². The van der Waals surface area contributed by atoms with Crippen molar-refractivity contribution in [3.05, 3.63) is 66.4 Å². The van der Waals surface area contributed by atoms with Crippen molar-refractivity contribution in [3.8, 4) is 12.1 Å². The van der Waals surface area contributed by atoms with Gasteiger partial charge in [-0.05, 0) is 36.8 Å². The number of nitrogens with zero attached hydrogens (tertiary/aromatic N) is 7. The van der Waals surface area contributed by atoms with Crippen molar-refractivity contribution in [2.75, 3.05) is 62.3 Å². The van der Waals surface area contributed by atoms with Crippen molar-refractivity contribution < 1.29 is 14.3 Å². The average molecular weight is 594 g/mol. The maximum atomic E-state index is 12.5. The fourth-order valence-corrected chi connectivity index (χ4v) is 7.32. The van der Waals surface area contributed by atoms with Gasteiger partial charge >= 0.3 is 6.01 Å². The second-order valence-electron chi connectivity index (χ2n) is 12.2. The van der Waals surface area contributed by atoms with Gasteiger partial charge in [-0.3, -0.25) is 9.69 Å². The summed E-state index contributed by atoms with van der Waals surface area (Å²) in [6, 6.07) is 17.9. The lowest BCUT2D eigenvalue weighted by molar-refractivity contribution is -0.128. The molecule has 5 heterocycles. The molecule has 10 nitrogen and oxygen atoms in total. The molecule has 2 aromatic carbocycles. The first kappa shape index (κ1) is 28.6. The Balaban J connectivity index is 1.14. The van der Waals surface area contributed by atoms with E-state index in [1.165, 1.54) is 22.5 Å². The summed E-state index contributed by atoms with van der Waals surface area (Å²) in [4.78, 5) is 31.4. The molecule has 0 spiro atoms. The van der Waals surface area contributed by atoms with Crippen LogP contribution in [0.15, 0.2) is 55.1 Å². The van der Waals surface area contributed by atoms with E-state index in [1.807, 2.05) is 0 Å². The molecule has 44 heavy (non-hydrogen) atoms. The number of rotatable bonds is 9. The molecule has 0 N–H and O–H groups in total. The van der Waals surface area contributed by atoms with Crippen LogP contribution in [0.3, 0.4) is 0 Å². The smallest absolute Gasteiger partial charge is 0.318 e. The molecular weight excluding hydrogens is 554 g/mol. The van der Waals surface area contributed by atoms with Gasteiger partial charge in [-0.15, -0.1) is 0 Å². The average Bonchev–Trinajstić information content (AvgIpc) is 3.69. The van der Waals surface area contributed by atoms with E-state index in [0.717, 1.165) is 62.6 Å². The number of hydrogen-bond donors (Lipinski definition) is 0. The molecule has 3 aromatic rings. The summed E-state index contributed by atoms with van der Waals surface area (Å²) < 4.78 is 12.0. The van der Waals surface area contributed by atoms with Crippen LogP contribution in [0.5, 0.6) is 6.01 Å². The third-order valence-corrected chi connectivity index (χ3v) is 9.53. The third-order valence-electron chi connectivity index (χ3n) is 9.53. The number of carbonyl (C=O) groups is 1. The number of fused-ring (bicyclic) bond motifs is 4. The number of anilines is 2. The third kappa shape index (κ3) is 5.58. The van der Waals surface area contributed by atoms with E-state index in [9.17, 15) is 10.1 Å². The maximum absolute atomic E-state index is 12.5. The van der Waals surface area contributed by atoms with Gasteiger partial charge in [-0.2, -0.15) is 15.2 Å². The quantitative estimate of drug-likeness (QED) is 0.273. The fraction of sp³-hybridized carbons (Fsp3) is 0.471. The molecule has 0 saturated carbocycles. The molecule has 228 valence electrons. The molecule has 3 fully saturated rings. The number of likely N-dealkylation sites (tertiary alicyclic amines) is 1. The number of amides is 1. The molecule has 4 aliphatic rings. The van der Waals surface area contributed by atoms with E-state index in [4.69, 9.17) is 19.4 Å². The SMILES string of the molecule is C=CC(=O)N1CCN(c2nc(OCCCN3C[C@@H]4C[C@H]3CO4)nc3c2CCN(c2cccc4ccccc24)C3)CC1CC#N. The predicted octanol–water partition coefficient (Wildman–Crippen LogP) is 3.55. The lowest BCUT2D eigenvalue weighted by Gasteiger charge is -2.42. The van der Waals surface area contributed by atoms with E-state index in [2.05, 4.69) is 69.8 Å². The summed E-state index contributed by atoms with van der Waals surface area (Å²) in [6.45, 7) is 10.2. The lowest BCUT2D eigenvalue weighted by atomic mass is 10.0. The Kier molecular flexibility index (Phi) is 8.07. The van der Waals surface area contributed by atoms with E-state index < -0.39 is 0 Å². The van der Waals surface area contributed by atoms with Crippen LogP contribution in [0, 0.1) is 11.3 Å². The zero-order valence-corrected chi connectivity index (χ0v) is 25.1. The largest absolute Gasteiger partial charge is 0.463 e. The molecule has 1 amide bonds. The highest BCUT2D eigenvalue weighted by Crippen LogP contribution is 2.35. The number of hydrogen-bond acceptors (Lipinski definition) is 9. The number of aromatic nitrogens is 2. The molecule has 7 rings (SSSR count). The molecular formula is C34H39N7O3. The zero-order chi connectivity index (χ0) is 30.0. The molecule has 1 aromatic heterocycles. The summed E-state index contributed by atoms with van der Waals surface area (Å²) in [5.74, 6) is 0.729. The van der Waals surface area contributed by atoms with Crippen LogP contribution in [-0.2, 0) is 22.5 Å². The van der Waals surface area contributed by atoms with Crippen LogP contribution < -0.4 is 14.5 Å². The van der Waals surface area contributed by atoms with Gasteiger partial charge in [0.1, 0.15) is 5.82 Å². The van der Waals surface area contributed by atoms with Crippen molar-refractivity contribution >= 4 is 28.2 Å². The van der Waals surface area contributed by atoms with Gasteiger partial charge in [0.25, 0.3) is 0 Å². The molecule has 10 heteroatoms. The minimum absolute atomic E-state index is 0.137. The monoisotopic (exact) mass is 593 g/mol. The number of carbonyl (C=O) groups excluding carboxylic acids is 1. The summed E-state index contributed by atoms with van der Waals surface area (Å²) >= 11 is 0. The minimum atomic E-state index is -0.232. The molecule has 0 aliphatic carbocycles. The van der Waals surface area contributed by atoms with Crippen LogP contribution in [0.2, 0.25) is 0 Å². The molecule has 4 aliphatic heterocycles. The predicted molar refractivity (Wildman–Crippen MR) is 169 cm³/mol. The Hall–Kier alpha value is -4.20. The number of ether oxygens (including phenoxy) is 2. The van der Waals surface area contributed by atoms with Crippen molar-refractivity contribution in [2.45, 2.75) is 50.4 Å². The lowest BCUT2D eigenvalue weighted by Crippen LogP contribution is -2.55. The van der Waals surface area contributed by atoms with Gasteiger partial charge in [-0.25, -0.2) is 0 Å². The second-order valence-corrected chi connectivity index (χ2v) is 12.2. The highest BCUT2D eigenvalue weighted by molar-refractivity contribution is 5.94. The topological polar surface area (TPSA) is 98.1 Å². The van der Waals surface area contributed by atoms with Crippen molar-refractivity contribution in [1.29, 1.82) is 5.26 Å². The van der Waals surface area contributed by atoms with Crippen molar-refractivity contribution in [1.82, 2.24) is 19.8 Å². The van der Waals surface area contributed by atoms with Gasteiger partial charge in [-0.1, -0.05) is 43.0 Å². The summed E-state index contributed by atoms with van der Waals surface area (Å²) in [5.41, 5.74) is 3.30. The van der Waals surface area contributed by atoms with Crippen LogP contribution in [0.25, 0.3) is 10.8 Å². The summed E-state index contributed by atoms with van der Waals surface area (Å²) in [6.07, 6.45) is 4.82. The molecule has 3 saturated heterocycles. The number of morpholine rings is 1. The normalized spacial score (nSPS) is 23.1. The molecule has 0 radical (unpaired) electrons. The molecule has 1 unspecified atom stereocenters. The van der Waals surface area contributed by atoms with E-state index in [1.54, 1.807) is 4.90 Å². The van der Waals surface area contributed by atoms with Gasteiger partial charge in [0, 0.05) is 61.9 Å². The highest BCUT2D eigenvalue weighted by atomic mass is 16.5. The van der Waals surface area contributed by atoms with Crippen LogP contribution in [0.1, 0.15) is 30.5 Å². The summed E-state index contributed by atoms with van der Waals surface area (Å²) in [7, 11) is 0. The van der Waals surface area contributed by atoms with Gasteiger partial charge in [0.05, 0.1) is 50.1 Å². The highest BCUT2D eigenvalue weighted by Gasteiger charge is 2.38. The number of nitriles is 1. The number of piperazine rings is 1. The summed E-state index contributed by atoms with van der Waals surface area (Å²) in [5, 5.41) is 12.0. The van der Waals surface area contributed by atoms with E-state index >= 15 is 0 Å². The number of benzene rings is 2. The first-order valence-corrected chi connectivity index (χ1v) is 15.8. The van der Waals surface area contributed by atoms with Gasteiger partial charge < -0.3 is 24.2 Å². The van der Waals surface area contributed by atoms with E-state index in [-0.39, 0.29) is 18.4 Å². The van der Waals surface area contributed by atoms with Crippen molar-refractivity contribution in [2.24, 2.45) is 0 Å². The molecule has 2 bridgehead atoms. The Morgan fingerprint density at radius 1 is 1.11 bits per heavy atom. The fourth-order valence-electron chi connectivity index (χ4n) is 7.32. The van der Waals surface area contributed by atoms with Crippen LogP contribution in [-0.4, -0.2) is 96.3 Å². The molecule has 3 atom stereocenters. The Morgan fingerprint density at radius 2 is 2.00 bits per heavy atom. The minimum Gasteiger partial charge on any atom is -0.463 e. The van der Waals surface area contributed by atoms with Crippen LogP contribution >= 0.6 is 0 Å². The first-order chi connectivity index (χ1) is 21.6. The van der Waals surface area contributed by atoms with Crippen LogP contribution in [0.4, 0.5) is 11.5 Å². The van der Waals surface area contributed by atoms with Gasteiger partial charge in [0.2, 0.25) is 5.91 Å². The Bertz CT molecular complexity index is 1580. The maximum Gasteiger partial charge on any atom is 0.318 e. The zero-order valence-electron chi connectivity index (χ0n) is 25.1. The first-order valence-electron chi connectivity index (χ1n) is 15.8.